The normalized spacial score (nSPS) is 21.8. The van der Waals surface area contributed by atoms with Crippen molar-refractivity contribution in [2.75, 3.05) is 0 Å². The van der Waals surface area contributed by atoms with Gasteiger partial charge in [0, 0.05) is 37.7 Å². The molecule has 0 heterocycles. The SMILES string of the molecule is C=C.CC(Cl)(C1C=Cc2ccccc21)C1C=Cc2ccccc21.[Hf]. The summed E-state index contributed by atoms with van der Waals surface area (Å²) >= 11 is 7.10. The molecule has 2 heteroatoms. The van der Waals surface area contributed by atoms with E-state index in [-0.39, 0.29) is 42.6 Å². The Morgan fingerprint density at radius 1 is 0.792 bits per heavy atom. The van der Waals surface area contributed by atoms with Crippen LogP contribution in [0.2, 0.25) is 0 Å². The standard InChI is InChI=1S/C20H17Cl.C2H4.Hf/c1-20(21,18-12-10-14-6-2-4-8-16(14)18)19-13-11-15-7-3-5-9-17(15)19;1-2;/h2-13,18-19H,1H3;1-2H2;. The molecule has 0 fully saturated rings. The van der Waals surface area contributed by atoms with Crippen LogP contribution >= 0.6 is 11.6 Å². The smallest absolute Gasteiger partial charge is 0.0624 e. The van der Waals surface area contributed by atoms with Crippen LogP contribution in [0.4, 0.5) is 0 Å². The van der Waals surface area contributed by atoms with E-state index in [1.165, 1.54) is 22.3 Å². The molecule has 2 atom stereocenters. The first-order valence-corrected chi connectivity index (χ1v) is 8.29. The first-order valence-electron chi connectivity index (χ1n) is 7.91. The molecule has 2 aromatic carbocycles. The largest absolute Gasteiger partial charge is 0.118 e. The third kappa shape index (κ3) is 3.17. The number of benzene rings is 2. The Labute approximate surface area is 168 Å². The maximum atomic E-state index is 7.10. The van der Waals surface area contributed by atoms with Crippen LogP contribution in [-0.4, -0.2) is 4.87 Å². The van der Waals surface area contributed by atoms with Gasteiger partial charge in [0.2, 0.25) is 0 Å². The molecule has 0 amide bonds. The van der Waals surface area contributed by atoms with E-state index in [1.54, 1.807) is 0 Å². The fourth-order valence-corrected chi connectivity index (χ4v) is 4.06. The van der Waals surface area contributed by atoms with Crippen molar-refractivity contribution in [2.24, 2.45) is 0 Å². The number of hydrogen-bond acceptors (Lipinski definition) is 0. The van der Waals surface area contributed by atoms with E-state index >= 15 is 0 Å². The van der Waals surface area contributed by atoms with Crippen LogP contribution in [0.5, 0.6) is 0 Å². The zero-order valence-corrected chi connectivity index (χ0v) is 18.2. The zero-order chi connectivity index (χ0) is 16.4. The fourth-order valence-electron chi connectivity index (χ4n) is 3.68. The molecule has 0 N–H and O–H groups in total. The average molecular weight is 499 g/mol. The summed E-state index contributed by atoms with van der Waals surface area (Å²) < 4.78 is 0. The van der Waals surface area contributed by atoms with Crippen LogP contribution in [0.3, 0.4) is 0 Å². The van der Waals surface area contributed by atoms with Gasteiger partial charge < -0.3 is 0 Å². The van der Waals surface area contributed by atoms with Crippen molar-refractivity contribution in [1.82, 2.24) is 0 Å². The Morgan fingerprint density at radius 2 is 1.17 bits per heavy atom. The van der Waals surface area contributed by atoms with Gasteiger partial charge in [0.05, 0.1) is 4.87 Å². The Morgan fingerprint density at radius 3 is 1.58 bits per heavy atom. The predicted molar refractivity (Wildman–Crippen MR) is 102 cm³/mol. The number of alkyl halides is 1. The average Bonchev–Trinajstić information content (AvgIpc) is 3.21. The summed E-state index contributed by atoms with van der Waals surface area (Å²) in [6.07, 6.45) is 8.91. The Hall–Kier alpha value is -1.18. The molecule has 120 valence electrons. The van der Waals surface area contributed by atoms with Gasteiger partial charge in [-0.05, 0) is 29.2 Å². The summed E-state index contributed by atoms with van der Waals surface area (Å²) in [5.74, 6) is 0.493. The molecule has 0 spiro atoms. The van der Waals surface area contributed by atoms with Crippen molar-refractivity contribution in [1.29, 1.82) is 0 Å². The van der Waals surface area contributed by atoms with Crippen LogP contribution in [0, 0.1) is 0 Å². The van der Waals surface area contributed by atoms with Crippen LogP contribution in [0.25, 0.3) is 12.2 Å². The van der Waals surface area contributed by atoms with Crippen LogP contribution in [0.1, 0.15) is 41.0 Å². The first kappa shape index (κ1) is 19.1. The van der Waals surface area contributed by atoms with Crippen LogP contribution < -0.4 is 0 Å². The molecular formula is C22H21ClHf. The minimum absolute atomic E-state index is 0. The van der Waals surface area contributed by atoms with E-state index in [1.807, 2.05) is 0 Å². The van der Waals surface area contributed by atoms with Gasteiger partial charge in [0.15, 0.2) is 0 Å². The van der Waals surface area contributed by atoms with Gasteiger partial charge in [-0.1, -0.05) is 72.8 Å². The summed E-state index contributed by atoms with van der Waals surface area (Å²) in [6, 6.07) is 17.1. The van der Waals surface area contributed by atoms with Gasteiger partial charge in [-0.25, -0.2) is 0 Å². The number of rotatable bonds is 2. The second-order valence-corrected chi connectivity index (χ2v) is 6.90. The second kappa shape index (κ2) is 7.80. The van der Waals surface area contributed by atoms with Crippen molar-refractivity contribution >= 4 is 23.8 Å². The minimum atomic E-state index is -0.355. The third-order valence-electron chi connectivity index (χ3n) is 4.81. The van der Waals surface area contributed by atoms with Gasteiger partial charge >= 0.3 is 0 Å². The van der Waals surface area contributed by atoms with E-state index in [4.69, 9.17) is 11.6 Å². The summed E-state index contributed by atoms with van der Waals surface area (Å²) in [6.45, 7) is 8.17. The molecule has 0 saturated carbocycles. The summed E-state index contributed by atoms with van der Waals surface area (Å²) in [4.78, 5) is -0.355. The van der Waals surface area contributed by atoms with E-state index in [2.05, 4.69) is 92.9 Å². The van der Waals surface area contributed by atoms with Crippen molar-refractivity contribution < 1.29 is 25.8 Å². The fraction of sp³-hybridized carbons (Fsp3) is 0.182. The van der Waals surface area contributed by atoms with Crippen molar-refractivity contribution in [3.05, 3.63) is 96.1 Å². The summed E-state index contributed by atoms with van der Waals surface area (Å²) in [7, 11) is 0. The Kier molecular flexibility index (Phi) is 6.22. The van der Waals surface area contributed by atoms with E-state index in [0.29, 0.717) is 0 Å². The quantitative estimate of drug-likeness (QED) is 0.255. The molecule has 2 aromatic rings. The van der Waals surface area contributed by atoms with Gasteiger partial charge in [-0.2, -0.15) is 0 Å². The second-order valence-electron chi connectivity index (χ2n) is 6.08. The van der Waals surface area contributed by atoms with Crippen molar-refractivity contribution in [3.8, 4) is 0 Å². The van der Waals surface area contributed by atoms with E-state index in [0.717, 1.165) is 0 Å². The zero-order valence-electron chi connectivity index (χ0n) is 13.9. The summed E-state index contributed by atoms with van der Waals surface area (Å²) in [5.41, 5.74) is 5.27. The summed E-state index contributed by atoms with van der Waals surface area (Å²) in [5, 5.41) is 0. The van der Waals surface area contributed by atoms with Crippen LogP contribution in [-0.2, 0) is 25.8 Å². The maximum absolute atomic E-state index is 7.10. The molecule has 2 aliphatic carbocycles. The van der Waals surface area contributed by atoms with Gasteiger partial charge in [0.1, 0.15) is 0 Å². The topological polar surface area (TPSA) is 0 Å². The number of hydrogen-bond donors (Lipinski definition) is 0. The number of allylic oxidation sites excluding steroid dienone is 2. The van der Waals surface area contributed by atoms with E-state index < -0.39 is 0 Å². The molecule has 2 unspecified atom stereocenters. The molecule has 24 heavy (non-hydrogen) atoms. The van der Waals surface area contributed by atoms with Gasteiger partial charge in [-0.15, -0.1) is 24.8 Å². The molecule has 0 aliphatic heterocycles. The molecule has 0 radical (unpaired) electrons. The molecule has 0 nitrogen and oxygen atoms in total. The van der Waals surface area contributed by atoms with Crippen LogP contribution in [0.15, 0.2) is 73.8 Å². The molecule has 4 rings (SSSR count). The Balaban J connectivity index is 0.000000670. The Bertz CT molecular complexity index is 710. The third-order valence-corrected chi connectivity index (χ3v) is 5.29. The predicted octanol–water partition coefficient (Wildman–Crippen LogP) is 6.40. The first-order chi connectivity index (χ1) is 11.2. The molecular weight excluding hydrogens is 478 g/mol. The van der Waals surface area contributed by atoms with Gasteiger partial charge in [0.25, 0.3) is 0 Å². The van der Waals surface area contributed by atoms with Crippen molar-refractivity contribution in [2.45, 2.75) is 23.6 Å². The van der Waals surface area contributed by atoms with Gasteiger partial charge in [-0.3, -0.25) is 0 Å². The van der Waals surface area contributed by atoms with E-state index in [9.17, 15) is 0 Å². The molecule has 0 aromatic heterocycles. The monoisotopic (exact) mass is 500 g/mol. The number of fused-ring (bicyclic) bond motifs is 2. The molecule has 0 bridgehead atoms. The molecule has 0 saturated heterocycles. The van der Waals surface area contributed by atoms with Crippen molar-refractivity contribution in [3.63, 3.8) is 0 Å². The molecule has 2 aliphatic rings. The maximum Gasteiger partial charge on any atom is 0.0624 e. The minimum Gasteiger partial charge on any atom is -0.118 e. The number of halogens is 1.